The first-order chi connectivity index (χ1) is 16.8. The summed E-state index contributed by atoms with van der Waals surface area (Å²) >= 11 is -0.364. The number of hydrogen-bond acceptors (Lipinski definition) is 7. The first-order valence-electron chi connectivity index (χ1n) is 12.2. The van der Waals surface area contributed by atoms with Crippen LogP contribution in [0, 0.1) is 0 Å². The van der Waals surface area contributed by atoms with Crippen molar-refractivity contribution in [2.45, 2.75) is 47.7 Å². The van der Waals surface area contributed by atoms with Crippen LogP contribution < -0.4 is 8.48 Å². The third kappa shape index (κ3) is 6.04. The standard InChI is InChI=1S/C23H25IN5O3.3CH3.Sn/c1-23(2,3)32-22(31)29-19(20(24)30)17(16-7-6-10-26-21(16)29)15-27-11-13-28(14-12-27)18-8-4-5-9-25-18;;;;/h4,6-10H,11-15H2,1-3H3;3*1H3;. The van der Waals surface area contributed by atoms with Gasteiger partial charge in [-0.3, -0.25) is 4.79 Å². The molecule has 1 saturated heterocycles. The quantitative estimate of drug-likeness (QED) is 0.217. The number of ether oxygens (including phenoxy) is 1. The van der Waals surface area contributed by atoms with Crippen molar-refractivity contribution in [1.82, 2.24) is 19.4 Å². The number of piperazine rings is 1. The fraction of sp³-hybridized carbons (Fsp3) is 0.462. The van der Waals surface area contributed by atoms with Gasteiger partial charge in [0.2, 0.25) is 0 Å². The van der Waals surface area contributed by atoms with Gasteiger partial charge in [0.1, 0.15) is 5.60 Å². The Kier molecular flexibility index (Phi) is 8.01. The van der Waals surface area contributed by atoms with E-state index in [4.69, 9.17) is 9.72 Å². The van der Waals surface area contributed by atoms with E-state index in [9.17, 15) is 9.59 Å². The molecule has 0 bridgehead atoms. The van der Waals surface area contributed by atoms with Gasteiger partial charge in [0.05, 0.1) is 0 Å². The van der Waals surface area contributed by atoms with Gasteiger partial charge in [0, 0.05) is 28.8 Å². The molecule has 4 rings (SSSR count). The molecule has 0 N–H and O–H groups in total. The van der Waals surface area contributed by atoms with Crippen LogP contribution in [0.3, 0.4) is 0 Å². The first kappa shape index (κ1) is 27.3. The molecule has 3 aromatic rings. The van der Waals surface area contributed by atoms with Gasteiger partial charge in [0.25, 0.3) is 0 Å². The van der Waals surface area contributed by atoms with Crippen molar-refractivity contribution in [3.05, 3.63) is 47.9 Å². The number of pyridine rings is 2. The molecule has 0 spiro atoms. The maximum absolute atomic E-state index is 13.1. The summed E-state index contributed by atoms with van der Waals surface area (Å²) in [6, 6.07) is 8.16. The van der Waals surface area contributed by atoms with Gasteiger partial charge in [0.15, 0.2) is 0 Å². The Labute approximate surface area is 230 Å². The molecule has 36 heavy (non-hydrogen) atoms. The molecule has 0 atom stereocenters. The zero-order valence-electron chi connectivity index (χ0n) is 21.8. The number of anilines is 1. The van der Waals surface area contributed by atoms with E-state index >= 15 is 0 Å². The van der Waals surface area contributed by atoms with Gasteiger partial charge >= 0.3 is 151 Å². The summed E-state index contributed by atoms with van der Waals surface area (Å²) in [6.07, 6.45) is 3.11. The summed E-state index contributed by atoms with van der Waals surface area (Å²) in [4.78, 5) is 46.9. The minimum absolute atomic E-state index is 0.210. The summed E-state index contributed by atoms with van der Waals surface area (Å²) in [5, 5.41) is 0.802. The molecule has 0 radical (unpaired) electrons. The van der Waals surface area contributed by atoms with Crippen LogP contribution in [0.15, 0.2) is 36.7 Å². The number of carbonyl (C=O) groups is 2. The normalized spacial score (nSPS) is 15.4. The van der Waals surface area contributed by atoms with Gasteiger partial charge in [-0.15, -0.1) is 0 Å². The zero-order chi connectivity index (χ0) is 26.3. The van der Waals surface area contributed by atoms with E-state index in [0.29, 0.717) is 17.9 Å². The van der Waals surface area contributed by atoms with Crippen LogP contribution in [-0.2, 0) is 11.3 Å². The van der Waals surface area contributed by atoms with Crippen LogP contribution in [0.4, 0.5) is 10.6 Å². The Morgan fingerprint density at radius 1 is 1.06 bits per heavy atom. The molecule has 0 aromatic carbocycles. The van der Waals surface area contributed by atoms with Gasteiger partial charge in [-0.1, -0.05) is 0 Å². The Bertz CT molecular complexity index is 1270. The number of halogens is 1. The number of fused-ring (bicyclic) bond motifs is 1. The molecule has 192 valence electrons. The molecule has 0 aliphatic carbocycles. The average Bonchev–Trinajstić information content (AvgIpc) is 3.13. The van der Waals surface area contributed by atoms with E-state index < -0.39 is 30.1 Å². The van der Waals surface area contributed by atoms with Crippen molar-refractivity contribution in [1.29, 1.82) is 0 Å². The number of rotatable bonds is 5. The van der Waals surface area contributed by atoms with Crippen molar-refractivity contribution in [2.75, 3.05) is 31.1 Å². The predicted molar refractivity (Wildman–Crippen MR) is 154 cm³/mol. The van der Waals surface area contributed by atoms with E-state index in [1.807, 2.05) is 32.9 Å². The summed E-state index contributed by atoms with van der Waals surface area (Å²) in [5.74, 6) is 1.02. The molecule has 0 saturated carbocycles. The topological polar surface area (TPSA) is 80.6 Å². The fourth-order valence-corrected chi connectivity index (χ4v) is 7.93. The second kappa shape index (κ2) is 10.6. The van der Waals surface area contributed by atoms with Crippen molar-refractivity contribution >= 4 is 71.3 Å². The van der Waals surface area contributed by atoms with Crippen LogP contribution in [-0.4, -0.2) is 79.5 Å². The van der Waals surface area contributed by atoms with Crippen LogP contribution in [0.5, 0.6) is 0 Å². The molecule has 0 amide bonds. The molecule has 3 aromatic heterocycles. The zero-order valence-corrected chi connectivity index (χ0v) is 26.9. The second-order valence-electron chi connectivity index (χ2n) is 11.2. The summed E-state index contributed by atoms with van der Waals surface area (Å²) in [7, 11) is 0. The molecular formula is C26H34IN5O3Sn. The van der Waals surface area contributed by atoms with Crippen LogP contribution in [0.25, 0.3) is 11.0 Å². The molecule has 1 aliphatic heterocycles. The van der Waals surface area contributed by atoms with E-state index in [0.717, 1.165) is 42.9 Å². The summed E-state index contributed by atoms with van der Waals surface area (Å²) in [6.45, 7) is 9.34. The Morgan fingerprint density at radius 3 is 2.31 bits per heavy atom. The minimum atomic E-state index is -2.12. The van der Waals surface area contributed by atoms with Gasteiger partial charge in [-0.05, 0) is 26.8 Å². The molecule has 10 heteroatoms. The monoisotopic (exact) mass is 711 g/mol. The van der Waals surface area contributed by atoms with E-state index in [2.05, 4.69) is 47.9 Å². The number of nitrogens with zero attached hydrogens (tertiary/aromatic N) is 5. The molecule has 1 fully saturated rings. The molecule has 8 nitrogen and oxygen atoms in total. The summed E-state index contributed by atoms with van der Waals surface area (Å²) in [5.41, 5.74) is 0.921. The van der Waals surface area contributed by atoms with Crippen molar-refractivity contribution in [3.8, 4) is 0 Å². The van der Waals surface area contributed by atoms with Crippen LogP contribution in [0.1, 0.15) is 36.8 Å². The van der Waals surface area contributed by atoms with E-state index in [1.165, 1.54) is 8.15 Å². The smallest absolute Gasteiger partial charge is 0.238 e. The average molecular weight is 710 g/mol. The van der Waals surface area contributed by atoms with Crippen LogP contribution >= 0.6 is 22.6 Å². The van der Waals surface area contributed by atoms with Crippen molar-refractivity contribution in [2.24, 2.45) is 0 Å². The SMILES string of the molecule is CC(C)(C)OC(=O)n1c(C(=O)I)c(CN2CCN(c3cc[c]([Sn]([CH3])([CH3])[CH3])cn3)CC2)c2cccnc21. The predicted octanol–water partition coefficient (Wildman–Crippen LogP) is 4.66. The first-order valence-corrected chi connectivity index (χ1v) is 23.3. The van der Waals surface area contributed by atoms with Gasteiger partial charge in [-0.2, -0.15) is 0 Å². The summed E-state index contributed by atoms with van der Waals surface area (Å²) < 4.78 is 8.18. The molecule has 0 unspecified atom stereocenters. The Morgan fingerprint density at radius 2 is 1.75 bits per heavy atom. The number of carbonyl (C=O) groups excluding carboxylic acids is 2. The van der Waals surface area contributed by atoms with Gasteiger partial charge in [-0.25, -0.2) is 9.78 Å². The maximum atomic E-state index is 13.1. The molecular weight excluding hydrogens is 676 g/mol. The number of aromatic nitrogens is 3. The van der Waals surface area contributed by atoms with E-state index in [-0.39, 0.29) is 3.79 Å². The third-order valence-corrected chi connectivity index (χ3v) is 12.6. The second-order valence-corrected chi connectivity index (χ2v) is 26.7. The molecule has 1 aliphatic rings. The van der Waals surface area contributed by atoms with Crippen molar-refractivity contribution in [3.63, 3.8) is 0 Å². The van der Waals surface area contributed by atoms with Crippen LogP contribution in [0.2, 0.25) is 14.8 Å². The molecule has 4 heterocycles. The number of hydrogen-bond donors (Lipinski definition) is 0. The van der Waals surface area contributed by atoms with Crippen molar-refractivity contribution < 1.29 is 14.3 Å². The van der Waals surface area contributed by atoms with Gasteiger partial charge < -0.3 is 4.74 Å². The minimum Gasteiger partial charge on any atom is -0.238 e. The Balaban J connectivity index is 1.56. The van der Waals surface area contributed by atoms with E-state index in [1.54, 1.807) is 28.8 Å². The fourth-order valence-electron chi connectivity index (χ4n) is 4.41. The Hall–Kier alpha value is -1.73. The third-order valence-electron chi connectivity index (χ3n) is 6.29.